The zero-order valence-electron chi connectivity index (χ0n) is 8.91. The van der Waals surface area contributed by atoms with Crippen LogP contribution in [0.25, 0.3) is 0 Å². The van der Waals surface area contributed by atoms with Crippen molar-refractivity contribution in [2.75, 3.05) is 0 Å². The lowest BCUT2D eigenvalue weighted by molar-refractivity contribution is 1.08. The Morgan fingerprint density at radius 2 is 1.88 bits per heavy atom. The second kappa shape index (κ2) is 5.22. The van der Waals surface area contributed by atoms with Gasteiger partial charge in [-0.3, -0.25) is 0 Å². The molecule has 0 bridgehead atoms. The molecule has 0 spiro atoms. The third-order valence-electron chi connectivity index (χ3n) is 2.55. The minimum absolute atomic E-state index is 0.0628. The molecule has 0 aliphatic rings. The summed E-state index contributed by atoms with van der Waals surface area (Å²) in [5.41, 5.74) is 2.43. The van der Waals surface area contributed by atoms with E-state index in [1.807, 2.05) is 24.3 Å². The average molecular weight is 271 g/mol. The molecule has 1 unspecified atom stereocenters. The van der Waals surface area contributed by atoms with Gasteiger partial charge < -0.3 is 0 Å². The molecule has 84 valence electrons. The highest BCUT2D eigenvalue weighted by molar-refractivity contribution is 7.10. The summed E-state index contributed by atoms with van der Waals surface area (Å²) in [6.45, 7) is 2.15. The SMILES string of the molecule is CCc1ccsc1C(Cl)c1ccc(Cl)cc1. The van der Waals surface area contributed by atoms with Crippen molar-refractivity contribution in [3.63, 3.8) is 0 Å². The van der Waals surface area contributed by atoms with E-state index in [0.717, 1.165) is 17.0 Å². The van der Waals surface area contributed by atoms with Crippen molar-refractivity contribution < 1.29 is 0 Å². The van der Waals surface area contributed by atoms with Crippen LogP contribution < -0.4 is 0 Å². The normalized spacial score (nSPS) is 12.7. The summed E-state index contributed by atoms with van der Waals surface area (Å²) in [7, 11) is 0. The van der Waals surface area contributed by atoms with Crippen LogP contribution in [0.15, 0.2) is 35.7 Å². The molecule has 0 amide bonds. The molecule has 1 aromatic carbocycles. The van der Waals surface area contributed by atoms with E-state index in [4.69, 9.17) is 23.2 Å². The summed E-state index contributed by atoms with van der Waals surface area (Å²) in [5, 5.41) is 2.78. The summed E-state index contributed by atoms with van der Waals surface area (Å²) >= 11 is 14.1. The number of benzene rings is 1. The predicted molar refractivity (Wildman–Crippen MR) is 72.8 cm³/mol. The number of halogens is 2. The average Bonchev–Trinajstić information content (AvgIpc) is 2.77. The third kappa shape index (κ3) is 2.42. The van der Waals surface area contributed by atoms with Gasteiger partial charge in [-0.25, -0.2) is 0 Å². The largest absolute Gasteiger partial charge is 0.147 e. The van der Waals surface area contributed by atoms with Crippen LogP contribution >= 0.6 is 34.5 Å². The quantitative estimate of drug-likeness (QED) is 0.665. The summed E-state index contributed by atoms with van der Waals surface area (Å²) in [6.07, 6.45) is 1.02. The number of alkyl halides is 1. The highest BCUT2D eigenvalue weighted by Gasteiger charge is 2.15. The molecule has 1 atom stereocenters. The fraction of sp³-hybridized carbons (Fsp3) is 0.231. The Balaban J connectivity index is 2.31. The first kappa shape index (κ1) is 12.0. The minimum atomic E-state index is -0.0628. The highest BCUT2D eigenvalue weighted by Crippen LogP contribution is 2.35. The highest BCUT2D eigenvalue weighted by atomic mass is 35.5. The van der Waals surface area contributed by atoms with E-state index in [2.05, 4.69) is 18.4 Å². The maximum Gasteiger partial charge on any atom is 0.0930 e. The molecule has 0 radical (unpaired) electrons. The van der Waals surface area contributed by atoms with Gasteiger partial charge in [-0.1, -0.05) is 30.7 Å². The van der Waals surface area contributed by atoms with E-state index in [9.17, 15) is 0 Å². The Morgan fingerprint density at radius 1 is 1.19 bits per heavy atom. The van der Waals surface area contributed by atoms with E-state index in [1.165, 1.54) is 10.4 Å². The Kier molecular flexibility index (Phi) is 3.91. The van der Waals surface area contributed by atoms with Crippen LogP contribution in [0.2, 0.25) is 5.02 Å². The molecule has 1 heterocycles. The van der Waals surface area contributed by atoms with Gasteiger partial charge in [0.15, 0.2) is 0 Å². The van der Waals surface area contributed by atoms with Crippen LogP contribution in [-0.4, -0.2) is 0 Å². The van der Waals surface area contributed by atoms with Crippen molar-refractivity contribution in [3.05, 3.63) is 56.7 Å². The van der Waals surface area contributed by atoms with Gasteiger partial charge in [0.05, 0.1) is 5.38 Å². The molecular weight excluding hydrogens is 259 g/mol. The summed E-state index contributed by atoms with van der Waals surface area (Å²) in [6, 6.07) is 9.88. The van der Waals surface area contributed by atoms with E-state index in [-0.39, 0.29) is 5.38 Å². The Labute approximate surface area is 110 Å². The Hall–Kier alpha value is -0.500. The van der Waals surface area contributed by atoms with Crippen LogP contribution in [0.1, 0.15) is 28.3 Å². The molecular formula is C13H12Cl2S. The van der Waals surface area contributed by atoms with Crippen molar-refractivity contribution in [1.29, 1.82) is 0 Å². The molecule has 2 aromatic rings. The molecule has 0 saturated carbocycles. The Morgan fingerprint density at radius 3 is 2.50 bits per heavy atom. The molecule has 0 nitrogen and oxygen atoms in total. The number of thiophene rings is 1. The van der Waals surface area contributed by atoms with Crippen molar-refractivity contribution >= 4 is 34.5 Å². The van der Waals surface area contributed by atoms with E-state index >= 15 is 0 Å². The molecule has 0 aliphatic heterocycles. The zero-order chi connectivity index (χ0) is 11.5. The summed E-state index contributed by atoms with van der Waals surface area (Å²) in [4.78, 5) is 1.24. The van der Waals surface area contributed by atoms with Crippen LogP contribution in [0.4, 0.5) is 0 Å². The van der Waals surface area contributed by atoms with Gasteiger partial charge in [0, 0.05) is 9.90 Å². The predicted octanol–water partition coefficient (Wildman–Crippen LogP) is 5.29. The first-order valence-corrected chi connectivity index (χ1v) is 6.87. The Bertz CT molecular complexity index is 459. The smallest absolute Gasteiger partial charge is 0.0930 e. The number of hydrogen-bond acceptors (Lipinski definition) is 1. The van der Waals surface area contributed by atoms with Gasteiger partial charge in [0.2, 0.25) is 0 Å². The first-order chi connectivity index (χ1) is 7.72. The van der Waals surface area contributed by atoms with Gasteiger partial charge in [-0.2, -0.15) is 0 Å². The number of rotatable bonds is 3. The van der Waals surface area contributed by atoms with E-state index in [1.54, 1.807) is 11.3 Å². The van der Waals surface area contributed by atoms with Gasteiger partial charge in [-0.05, 0) is 41.1 Å². The van der Waals surface area contributed by atoms with E-state index < -0.39 is 0 Å². The zero-order valence-corrected chi connectivity index (χ0v) is 11.2. The van der Waals surface area contributed by atoms with Crippen molar-refractivity contribution in [3.8, 4) is 0 Å². The van der Waals surface area contributed by atoms with Crippen LogP contribution in [0.3, 0.4) is 0 Å². The lowest BCUT2D eigenvalue weighted by Gasteiger charge is -2.10. The molecule has 0 aliphatic carbocycles. The van der Waals surface area contributed by atoms with Crippen LogP contribution in [0.5, 0.6) is 0 Å². The monoisotopic (exact) mass is 270 g/mol. The fourth-order valence-electron chi connectivity index (χ4n) is 1.64. The topological polar surface area (TPSA) is 0 Å². The first-order valence-electron chi connectivity index (χ1n) is 5.18. The summed E-state index contributed by atoms with van der Waals surface area (Å²) < 4.78 is 0. The fourth-order valence-corrected chi connectivity index (χ4v) is 3.21. The molecule has 3 heteroatoms. The van der Waals surface area contributed by atoms with Crippen molar-refractivity contribution in [2.24, 2.45) is 0 Å². The standard InChI is InChI=1S/C13H12Cl2S/c1-2-9-7-8-16-13(9)12(15)10-3-5-11(14)6-4-10/h3-8,12H,2H2,1H3. The second-order valence-corrected chi connectivity index (χ2v) is 5.40. The second-order valence-electron chi connectivity index (χ2n) is 3.58. The molecule has 16 heavy (non-hydrogen) atoms. The lowest BCUT2D eigenvalue weighted by Crippen LogP contribution is -1.93. The van der Waals surface area contributed by atoms with Crippen molar-refractivity contribution in [1.82, 2.24) is 0 Å². The van der Waals surface area contributed by atoms with Gasteiger partial charge in [0.25, 0.3) is 0 Å². The summed E-state index contributed by atoms with van der Waals surface area (Å²) in [5.74, 6) is 0. The van der Waals surface area contributed by atoms with Gasteiger partial charge in [0.1, 0.15) is 0 Å². The van der Waals surface area contributed by atoms with Gasteiger partial charge >= 0.3 is 0 Å². The third-order valence-corrected chi connectivity index (χ3v) is 4.43. The number of aryl methyl sites for hydroxylation is 1. The maximum atomic E-state index is 6.48. The molecule has 0 saturated heterocycles. The maximum absolute atomic E-state index is 6.48. The van der Waals surface area contributed by atoms with Crippen LogP contribution in [-0.2, 0) is 6.42 Å². The molecule has 0 fully saturated rings. The molecule has 1 aromatic heterocycles. The van der Waals surface area contributed by atoms with Crippen LogP contribution in [0, 0.1) is 0 Å². The molecule has 0 N–H and O–H groups in total. The minimum Gasteiger partial charge on any atom is -0.147 e. The van der Waals surface area contributed by atoms with Crippen molar-refractivity contribution in [2.45, 2.75) is 18.7 Å². The molecule has 2 rings (SSSR count). The lowest BCUT2D eigenvalue weighted by atomic mass is 10.1. The van der Waals surface area contributed by atoms with E-state index in [0.29, 0.717) is 0 Å². The number of hydrogen-bond donors (Lipinski definition) is 0. The van der Waals surface area contributed by atoms with Gasteiger partial charge in [-0.15, -0.1) is 22.9 Å².